The van der Waals surface area contributed by atoms with Crippen LogP contribution >= 0.6 is 0 Å². The lowest BCUT2D eigenvalue weighted by molar-refractivity contribution is -0.147. The van der Waals surface area contributed by atoms with E-state index in [4.69, 9.17) is 4.74 Å². The van der Waals surface area contributed by atoms with Crippen LogP contribution in [0.4, 0.5) is 5.82 Å². The van der Waals surface area contributed by atoms with Gasteiger partial charge in [0.2, 0.25) is 0 Å². The molecule has 0 spiro atoms. The zero-order valence-electron chi connectivity index (χ0n) is 12.1. The van der Waals surface area contributed by atoms with Crippen LogP contribution in [0, 0.1) is 5.92 Å². The van der Waals surface area contributed by atoms with Gasteiger partial charge in [0.25, 0.3) is 0 Å². The summed E-state index contributed by atoms with van der Waals surface area (Å²) in [6.07, 6.45) is 3.19. The average molecular weight is 277 g/mol. The van der Waals surface area contributed by atoms with Gasteiger partial charge < -0.3 is 10.1 Å². The molecular formula is C13H19N5O2. The van der Waals surface area contributed by atoms with Gasteiger partial charge in [-0.25, -0.2) is 9.97 Å². The minimum absolute atomic E-state index is 0.104. The van der Waals surface area contributed by atoms with Gasteiger partial charge in [0.1, 0.15) is 12.1 Å². The molecule has 0 aliphatic heterocycles. The molecule has 2 rings (SSSR count). The van der Waals surface area contributed by atoms with Crippen molar-refractivity contribution >= 4 is 22.8 Å². The Labute approximate surface area is 117 Å². The fourth-order valence-corrected chi connectivity index (χ4v) is 1.90. The highest BCUT2D eigenvalue weighted by Gasteiger charge is 2.22. The maximum absolute atomic E-state index is 11.7. The molecule has 2 aromatic rings. The van der Waals surface area contributed by atoms with Crippen molar-refractivity contribution in [1.82, 2.24) is 19.7 Å². The number of hydrogen-bond donors (Lipinski definition) is 1. The Morgan fingerprint density at radius 1 is 1.45 bits per heavy atom. The van der Waals surface area contributed by atoms with Crippen LogP contribution in [0.2, 0.25) is 0 Å². The molecule has 0 saturated heterocycles. The van der Waals surface area contributed by atoms with Crippen LogP contribution in [0.25, 0.3) is 11.0 Å². The van der Waals surface area contributed by atoms with Gasteiger partial charge in [-0.3, -0.25) is 9.48 Å². The number of carbonyl (C=O) groups excluding carboxylic acids is 1. The number of ether oxygens (including phenoxy) is 1. The Hall–Kier alpha value is -2.18. The van der Waals surface area contributed by atoms with Gasteiger partial charge in [-0.05, 0) is 20.8 Å². The van der Waals surface area contributed by atoms with Crippen LogP contribution in [0.5, 0.6) is 0 Å². The molecule has 7 nitrogen and oxygen atoms in total. The van der Waals surface area contributed by atoms with Crippen molar-refractivity contribution < 1.29 is 9.53 Å². The Bertz CT molecular complexity index is 610. The number of rotatable bonds is 5. The largest absolute Gasteiger partial charge is 0.466 e. The van der Waals surface area contributed by atoms with E-state index in [1.54, 1.807) is 17.8 Å². The van der Waals surface area contributed by atoms with E-state index < -0.39 is 0 Å². The van der Waals surface area contributed by atoms with Crippen LogP contribution in [0.15, 0.2) is 12.5 Å². The van der Waals surface area contributed by atoms with Crippen molar-refractivity contribution in [3.05, 3.63) is 12.5 Å². The first-order valence-corrected chi connectivity index (χ1v) is 6.60. The molecule has 2 atom stereocenters. The van der Waals surface area contributed by atoms with Gasteiger partial charge in [0, 0.05) is 13.1 Å². The molecule has 20 heavy (non-hydrogen) atoms. The van der Waals surface area contributed by atoms with Crippen molar-refractivity contribution in [3.63, 3.8) is 0 Å². The van der Waals surface area contributed by atoms with E-state index in [0.29, 0.717) is 12.4 Å². The summed E-state index contributed by atoms with van der Waals surface area (Å²) in [7, 11) is 1.82. The van der Waals surface area contributed by atoms with Gasteiger partial charge in [0.15, 0.2) is 5.65 Å². The summed E-state index contributed by atoms with van der Waals surface area (Å²) in [6.45, 7) is 5.94. The van der Waals surface area contributed by atoms with E-state index in [0.717, 1.165) is 11.0 Å². The molecule has 0 bridgehead atoms. The van der Waals surface area contributed by atoms with Crippen LogP contribution in [0.1, 0.15) is 20.8 Å². The summed E-state index contributed by atoms with van der Waals surface area (Å²) >= 11 is 0. The zero-order chi connectivity index (χ0) is 14.7. The topological polar surface area (TPSA) is 81.9 Å². The van der Waals surface area contributed by atoms with E-state index in [-0.39, 0.29) is 17.9 Å². The molecule has 2 aromatic heterocycles. The molecule has 0 fully saturated rings. The van der Waals surface area contributed by atoms with E-state index in [2.05, 4.69) is 20.4 Å². The lowest BCUT2D eigenvalue weighted by Gasteiger charge is -2.20. The normalized spacial score (nSPS) is 14.0. The first-order chi connectivity index (χ1) is 9.54. The number of nitrogens with one attached hydrogen (secondary N) is 1. The Balaban J connectivity index is 2.17. The third-order valence-corrected chi connectivity index (χ3v) is 3.30. The molecule has 7 heteroatoms. The SMILES string of the molecule is CCOC(=O)C(C)C(C)Nc1ncnc2c1cnn2C. The number of anilines is 1. The minimum Gasteiger partial charge on any atom is -0.466 e. The highest BCUT2D eigenvalue weighted by Crippen LogP contribution is 2.20. The highest BCUT2D eigenvalue weighted by atomic mass is 16.5. The van der Waals surface area contributed by atoms with Gasteiger partial charge >= 0.3 is 5.97 Å². The molecule has 2 heterocycles. The van der Waals surface area contributed by atoms with Crippen molar-refractivity contribution in [2.24, 2.45) is 13.0 Å². The number of carbonyl (C=O) groups is 1. The van der Waals surface area contributed by atoms with E-state index in [9.17, 15) is 4.79 Å². The number of nitrogens with zero attached hydrogens (tertiary/aromatic N) is 4. The van der Waals surface area contributed by atoms with Crippen LogP contribution in [-0.2, 0) is 16.6 Å². The van der Waals surface area contributed by atoms with Crippen molar-refractivity contribution in [2.45, 2.75) is 26.8 Å². The Morgan fingerprint density at radius 3 is 2.90 bits per heavy atom. The fraction of sp³-hybridized carbons (Fsp3) is 0.538. The van der Waals surface area contributed by atoms with Gasteiger partial charge in [-0.1, -0.05) is 0 Å². The van der Waals surface area contributed by atoms with E-state index >= 15 is 0 Å². The molecule has 0 amide bonds. The summed E-state index contributed by atoms with van der Waals surface area (Å²) in [5, 5.41) is 8.22. The third kappa shape index (κ3) is 2.71. The smallest absolute Gasteiger partial charge is 0.310 e. The monoisotopic (exact) mass is 277 g/mol. The lowest BCUT2D eigenvalue weighted by Crippen LogP contribution is -2.31. The van der Waals surface area contributed by atoms with Gasteiger partial charge in [-0.15, -0.1) is 0 Å². The molecule has 2 unspecified atom stereocenters. The zero-order valence-corrected chi connectivity index (χ0v) is 12.1. The molecule has 1 N–H and O–H groups in total. The van der Waals surface area contributed by atoms with E-state index in [1.165, 1.54) is 6.33 Å². The van der Waals surface area contributed by atoms with Crippen molar-refractivity contribution in [1.29, 1.82) is 0 Å². The number of hydrogen-bond acceptors (Lipinski definition) is 6. The maximum atomic E-state index is 11.7. The minimum atomic E-state index is -0.267. The lowest BCUT2D eigenvalue weighted by atomic mass is 10.0. The molecule has 0 aromatic carbocycles. The standard InChI is InChI=1S/C13H19N5O2/c1-5-20-13(19)8(2)9(3)17-11-10-6-16-18(4)12(10)15-7-14-11/h6-9H,5H2,1-4H3,(H,14,15,17). The Morgan fingerprint density at radius 2 is 2.20 bits per heavy atom. The van der Waals surface area contributed by atoms with Crippen molar-refractivity contribution in [2.75, 3.05) is 11.9 Å². The van der Waals surface area contributed by atoms with Gasteiger partial charge in [0.05, 0.1) is 24.1 Å². The summed E-state index contributed by atoms with van der Waals surface area (Å²) in [5.74, 6) is 0.187. The summed E-state index contributed by atoms with van der Waals surface area (Å²) < 4.78 is 6.71. The number of fused-ring (bicyclic) bond motifs is 1. The summed E-state index contributed by atoms with van der Waals surface area (Å²) in [6, 6.07) is -0.104. The number of aromatic nitrogens is 4. The molecule has 0 saturated carbocycles. The van der Waals surface area contributed by atoms with Crippen LogP contribution in [-0.4, -0.2) is 38.4 Å². The quantitative estimate of drug-likeness (QED) is 0.831. The second kappa shape index (κ2) is 5.85. The molecule has 0 aliphatic carbocycles. The summed E-state index contributed by atoms with van der Waals surface area (Å²) in [5.41, 5.74) is 0.749. The second-order valence-corrected chi connectivity index (χ2v) is 4.70. The Kier molecular flexibility index (Phi) is 4.16. The van der Waals surface area contributed by atoms with E-state index in [1.807, 2.05) is 20.9 Å². The third-order valence-electron chi connectivity index (χ3n) is 3.30. The molecule has 108 valence electrons. The molecule has 0 radical (unpaired) electrons. The number of esters is 1. The predicted octanol–water partition coefficient (Wildman–Crippen LogP) is 1.36. The first-order valence-electron chi connectivity index (χ1n) is 6.60. The van der Waals surface area contributed by atoms with Gasteiger partial charge in [-0.2, -0.15) is 5.10 Å². The van der Waals surface area contributed by atoms with Crippen LogP contribution in [0.3, 0.4) is 0 Å². The molecule has 0 aliphatic rings. The average Bonchev–Trinajstić information content (AvgIpc) is 2.81. The molecular weight excluding hydrogens is 258 g/mol. The van der Waals surface area contributed by atoms with Crippen LogP contribution < -0.4 is 5.32 Å². The number of aryl methyl sites for hydroxylation is 1. The maximum Gasteiger partial charge on any atom is 0.310 e. The highest BCUT2D eigenvalue weighted by molar-refractivity contribution is 5.86. The fourth-order valence-electron chi connectivity index (χ4n) is 1.90. The second-order valence-electron chi connectivity index (χ2n) is 4.70. The van der Waals surface area contributed by atoms with Crippen molar-refractivity contribution in [3.8, 4) is 0 Å². The first kappa shape index (κ1) is 14.2. The summed E-state index contributed by atoms with van der Waals surface area (Å²) in [4.78, 5) is 20.1. The predicted molar refractivity (Wildman–Crippen MR) is 75.2 cm³/mol.